The number of anilines is 11. The average Bonchev–Trinajstić information content (AvgIpc) is 3.51. The molecule has 9 aromatic rings. The molecule has 9 aromatic carbocycles. The van der Waals surface area contributed by atoms with Crippen LogP contribution in [0.1, 0.15) is 61.0 Å². The zero-order valence-electron chi connectivity index (χ0n) is 50.0. The second-order valence-electron chi connectivity index (χ2n) is 19.2. The zero-order valence-corrected chi connectivity index (χ0v) is 51.5. The molecule has 0 fully saturated rings. The van der Waals surface area contributed by atoms with Gasteiger partial charge in [-0.15, -0.1) is 0 Å². The molecule has 0 unspecified atom stereocenters. The average molecular weight is 1160 g/mol. The molecule has 0 aliphatic carbocycles. The van der Waals surface area contributed by atoms with Gasteiger partial charge in [-0.25, -0.2) is 0 Å². The number of aromatic hydroxyl groups is 1. The summed E-state index contributed by atoms with van der Waals surface area (Å²) in [5, 5.41) is 58.1. The number of rotatable bonds is 12. The van der Waals surface area contributed by atoms with Crippen LogP contribution in [0.2, 0.25) is 0 Å². The first-order valence-corrected chi connectivity index (χ1v) is 27.0. The van der Waals surface area contributed by atoms with Crippen LogP contribution in [0.25, 0.3) is 0 Å². The summed E-state index contributed by atoms with van der Waals surface area (Å²) in [5.41, 5.74) is 17.9. The van der Waals surface area contributed by atoms with Gasteiger partial charge in [0.2, 0.25) is 0 Å². The SMILES string of the molecule is CC(C)O.CC(C)O.CC(C)O.CC(C)O.COc1cccc(Nc2ccc(Nc3ccc(Nc4ccccc4)cc3)cc2)c1.COc1cccc(Nc2ccc(O)cc2)c1.Cc1ccccc1.Nc1ccc(Nc2ccccc2)cc1.[Ti]. The summed E-state index contributed by atoms with van der Waals surface area (Å²) in [6, 6.07) is 77.1. The van der Waals surface area contributed by atoms with Crippen molar-refractivity contribution in [3.05, 3.63) is 242 Å². The molecule has 12 N–H and O–H groups in total. The van der Waals surface area contributed by atoms with E-state index in [2.05, 4.69) is 82.0 Å². The third-order valence-corrected chi connectivity index (χ3v) is 9.62. The molecule has 0 aliphatic heterocycles. The van der Waals surface area contributed by atoms with E-state index >= 15 is 0 Å². The molecular formula is C69H88N6O7Ti. The minimum absolute atomic E-state index is 0. The standard InChI is InChI=1S/C25H23N3O.C13H13NO2.C12H12N2.C7H8.4C3H8O.Ti/c1-29-25-9-5-8-24(18-25)28-23-16-14-22(15-17-23)27-21-12-10-20(11-13-21)26-19-6-3-2-4-7-19;1-16-13-4-2-3-11(9-13)14-10-5-7-12(15)8-6-10;13-10-6-8-12(9-7-10)14-11-4-2-1-3-5-11;1-7-5-3-2-4-6-7;4*1-3(2)4;/h2-18,26-28H,1H3;2-9,14-15H,1H3;1-9,14H,13H2;2-6H,1H3;4*3-4H,1-2H3;. The molecule has 0 aliphatic rings. The number of hydrogen-bond donors (Lipinski definition) is 11. The first-order valence-electron chi connectivity index (χ1n) is 27.0. The molecule has 0 atom stereocenters. The molecule has 0 saturated carbocycles. The van der Waals surface area contributed by atoms with Crippen molar-refractivity contribution in [3.63, 3.8) is 0 Å². The number of nitrogen functional groups attached to an aromatic ring is 1. The van der Waals surface area contributed by atoms with Crippen molar-refractivity contribution in [1.82, 2.24) is 0 Å². The second kappa shape index (κ2) is 43.5. The van der Waals surface area contributed by atoms with Crippen molar-refractivity contribution in [2.75, 3.05) is 46.5 Å². The van der Waals surface area contributed by atoms with Crippen molar-refractivity contribution in [2.24, 2.45) is 0 Å². The molecule has 14 heteroatoms. The van der Waals surface area contributed by atoms with E-state index in [-0.39, 0.29) is 51.9 Å². The number of ether oxygens (including phenoxy) is 2. The fraction of sp³-hybridized carbons (Fsp3) is 0.217. The third kappa shape index (κ3) is 38.1. The molecular weight excluding hydrogens is 1070 g/mol. The molecule has 0 radical (unpaired) electrons. The fourth-order valence-electron chi connectivity index (χ4n) is 6.20. The van der Waals surface area contributed by atoms with Crippen LogP contribution in [0.5, 0.6) is 17.2 Å². The van der Waals surface area contributed by atoms with Crippen LogP contribution in [0.15, 0.2) is 237 Å². The third-order valence-electron chi connectivity index (χ3n) is 9.62. The van der Waals surface area contributed by atoms with E-state index in [9.17, 15) is 0 Å². The first-order chi connectivity index (χ1) is 39.2. The maximum absolute atomic E-state index is 9.16. The summed E-state index contributed by atoms with van der Waals surface area (Å²) >= 11 is 0. The molecule has 0 saturated heterocycles. The number of phenols is 1. The van der Waals surface area contributed by atoms with Crippen molar-refractivity contribution < 1.29 is 56.7 Å². The number of hydrogen-bond acceptors (Lipinski definition) is 13. The van der Waals surface area contributed by atoms with Crippen molar-refractivity contribution in [2.45, 2.75) is 86.7 Å². The van der Waals surface area contributed by atoms with Gasteiger partial charge in [-0.3, -0.25) is 0 Å². The number of aryl methyl sites for hydroxylation is 1. The second-order valence-corrected chi connectivity index (χ2v) is 19.2. The number of phenolic OH excluding ortho intramolecular Hbond substituents is 1. The quantitative estimate of drug-likeness (QED) is 0.0313. The Morgan fingerprint density at radius 1 is 0.313 bits per heavy atom. The molecule has 0 amide bonds. The predicted octanol–water partition coefficient (Wildman–Crippen LogP) is 16.6. The topological polar surface area (TPSA) is 206 Å². The van der Waals surface area contributed by atoms with Crippen molar-refractivity contribution in [1.29, 1.82) is 0 Å². The summed E-state index contributed by atoms with van der Waals surface area (Å²) in [5.74, 6) is 1.90. The van der Waals surface area contributed by atoms with Crippen molar-refractivity contribution in [3.8, 4) is 17.2 Å². The number of nitrogens with one attached hydrogen (secondary N) is 5. The van der Waals surface area contributed by atoms with E-state index in [1.165, 1.54) is 5.56 Å². The van der Waals surface area contributed by atoms with Crippen LogP contribution in [0.4, 0.5) is 62.6 Å². The van der Waals surface area contributed by atoms with Gasteiger partial charge in [-0.05, 0) is 208 Å². The number of methoxy groups -OCH3 is 2. The Hall–Kier alpha value is -8.27. The molecule has 9 rings (SSSR count). The van der Waals surface area contributed by atoms with E-state index < -0.39 is 0 Å². The van der Waals surface area contributed by atoms with Gasteiger partial charge in [-0.1, -0.05) is 84.4 Å². The Balaban J connectivity index is 0.000000543. The van der Waals surface area contributed by atoms with Gasteiger partial charge in [0.05, 0.1) is 14.2 Å². The van der Waals surface area contributed by atoms with Crippen LogP contribution in [-0.2, 0) is 21.7 Å². The summed E-state index contributed by atoms with van der Waals surface area (Å²) < 4.78 is 10.4. The van der Waals surface area contributed by atoms with Crippen LogP contribution in [0.3, 0.4) is 0 Å². The van der Waals surface area contributed by atoms with Crippen molar-refractivity contribution >= 4 is 62.6 Å². The van der Waals surface area contributed by atoms with E-state index in [0.29, 0.717) is 0 Å². The molecule has 0 aromatic heterocycles. The van der Waals surface area contributed by atoms with Crippen LogP contribution in [-0.4, -0.2) is 64.2 Å². The monoisotopic (exact) mass is 1160 g/mol. The van der Waals surface area contributed by atoms with Gasteiger partial charge in [0.1, 0.15) is 17.2 Å². The Bertz CT molecular complexity index is 2940. The van der Waals surface area contributed by atoms with Gasteiger partial charge in [0.25, 0.3) is 0 Å². The maximum atomic E-state index is 9.16. The summed E-state index contributed by atoms with van der Waals surface area (Å²) in [6.45, 7) is 15.9. The number of aliphatic hydroxyl groups excluding tert-OH is 4. The predicted molar refractivity (Wildman–Crippen MR) is 348 cm³/mol. The van der Waals surface area contributed by atoms with Gasteiger partial charge in [0, 0.05) is 121 Å². The van der Waals surface area contributed by atoms with E-state index in [4.69, 9.17) is 40.7 Å². The normalized spacial score (nSPS) is 9.58. The maximum Gasteiger partial charge on any atom is 0.120 e. The first kappa shape index (κ1) is 72.7. The molecule has 0 heterocycles. The number of nitrogens with two attached hydrogens (primary N) is 1. The fourth-order valence-corrected chi connectivity index (χ4v) is 6.20. The molecule has 0 bridgehead atoms. The van der Waals surface area contributed by atoms with Gasteiger partial charge < -0.3 is 67.3 Å². The Morgan fingerprint density at radius 2 is 0.530 bits per heavy atom. The minimum atomic E-state index is -0.167. The van der Waals surface area contributed by atoms with Gasteiger partial charge >= 0.3 is 0 Å². The molecule has 13 nitrogen and oxygen atoms in total. The van der Waals surface area contributed by atoms with Crippen LogP contribution in [0, 0.1) is 6.92 Å². The van der Waals surface area contributed by atoms with Crippen LogP contribution < -0.4 is 41.8 Å². The number of aliphatic hydroxyl groups is 4. The Morgan fingerprint density at radius 3 is 0.783 bits per heavy atom. The minimum Gasteiger partial charge on any atom is -0.508 e. The van der Waals surface area contributed by atoms with Gasteiger partial charge in [0.15, 0.2) is 0 Å². The van der Waals surface area contributed by atoms with E-state index in [1.807, 2.05) is 176 Å². The smallest absolute Gasteiger partial charge is 0.120 e. The van der Waals surface area contributed by atoms with Gasteiger partial charge in [-0.2, -0.15) is 0 Å². The zero-order chi connectivity index (χ0) is 60.5. The Kier molecular flexibility index (Phi) is 38.1. The van der Waals surface area contributed by atoms with Crippen LogP contribution >= 0.6 is 0 Å². The summed E-state index contributed by atoms with van der Waals surface area (Å²) in [6.07, 6.45) is -0.667. The molecule has 83 heavy (non-hydrogen) atoms. The summed E-state index contributed by atoms with van der Waals surface area (Å²) in [4.78, 5) is 0. The summed E-state index contributed by atoms with van der Waals surface area (Å²) in [7, 11) is 3.31. The van der Waals surface area contributed by atoms with E-state index in [1.54, 1.807) is 81.7 Å². The van der Waals surface area contributed by atoms with E-state index in [0.717, 1.165) is 74.1 Å². The molecule has 0 spiro atoms. The number of benzene rings is 9. The number of para-hydroxylation sites is 2. The molecule has 440 valence electrons. The Labute approximate surface area is 509 Å². The largest absolute Gasteiger partial charge is 0.508 e.